The van der Waals surface area contributed by atoms with Crippen LogP contribution in [0.3, 0.4) is 0 Å². The van der Waals surface area contributed by atoms with E-state index in [0.29, 0.717) is 5.69 Å². The van der Waals surface area contributed by atoms with Crippen LogP contribution in [-0.2, 0) is 0 Å². The summed E-state index contributed by atoms with van der Waals surface area (Å²) in [4.78, 5) is 19.1. The second-order valence-corrected chi connectivity index (χ2v) is 5.99. The van der Waals surface area contributed by atoms with Crippen molar-refractivity contribution in [2.75, 3.05) is 18.0 Å². The SMILES string of the molecule is CCCN(CCC)c1ccnc(C(=O)NC(C)c2ccccc2)c1. The van der Waals surface area contributed by atoms with Gasteiger partial charge in [-0.25, -0.2) is 0 Å². The lowest BCUT2D eigenvalue weighted by Gasteiger charge is -2.24. The third-order valence-corrected chi connectivity index (χ3v) is 3.98. The minimum absolute atomic E-state index is 0.0495. The molecule has 0 aliphatic carbocycles. The first-order chi connectivity index (χ1) is 11.7. The fourth-order valence-corrected chi connectivity index (χ4v) is 2.75. The van der Waals surface area contributed by atoms with Crippen molar-refractivity contribution in [1.29, 1.82) is 0 Å². The predicted octanol–water partition coefficient (Wildman–Crippen LogP) is 4.20. The molecule has 0 bridgehead atoms. The smallest absolute Gasteiger partial charge is 0.270 e. The van der Waals surface area contributed by atoms with Gasteiger partial charge in [-0.05, 0) is 37.5 Å². The third-order valence-electron chi connectivity index (χ3n) is 3.98. The molecule has 4 heteroatoms. The molecule has 1 amide bonds. The van der Waals surface area contributed by atoms with Crippen molar-refractivity contribution in [1.82, 2.24) is 10.3 Å². The number of hydrogen-bond acceptors (Lipinski definition) is 3. The molecular weight excluding hydrogens is 298 g/mol. The molecule has 128 valence electrons. The number of pyridine rings is 1. The number of nitrogens with one attached hydrogen (secondary N) is 1. The van der Waals surface area contributed by atoms with E-state index in [2.05, 4.69) is 29.0 Å². The molecule has 0 radical (unpaired) electrons. The topological polar surface area (TPSA) is 45.2 Å². The van der Waals surface area contributed by atoms with Gasteiger partial charge in [0.1, 0.15) is 5.69 Å². The number of aromatic nitrogens is 1. The summed E-state index contributed by atoms with van der Waals surface area (Å²) in [6.07, 6.45) is 3.87. The molecule has 1 atom stereocenters. The van der Waals surface area contributed by atoms with Crippen LogP contribution in [0.25, 0.3) is 0 Å². The van der Waals surface area contributed by atoms with Crippen LogP contribution in [0, 0.1) is 0 Å². The highest BCUT2D eigenvalue weighted by Crippen LogP contribution is 2.17. The van der Waals surface area contributed by atoms with Crippen molar-refractivity contribution in [3.63, 3.8) is 0 Å². The zero-order chi connectivity index (χ0) is 17.4. The Morgan fingerprint density at radius 1 is 1.12 bits per heavy atom. The van der Waals surface area contributed by atoms with E-state index in [0.717, 1.165) is 37.2 Å². The summed E-state index contributed by atoms with van der Waals surface area (Å²) in [5.41, 5.74) is 2.61. The summed E-state index contributed by atoms with van der Waals surface area (Å²) in [5.74, 6) is -0.138. The number of amides is 1. The monoisotopic (exact) mass is 325 g/mol. The number of anilines is 1. The van der Waals surface area contributed by atoms with Gasteiger partial charge in [-0.2, -0.15) is 0 Å². The molecule has 2 aromatic rings. The average molecular weight is 325 g/mol. The highest BCUT2D eigenvalue weighted by molar-refractivity contribution is 5.93. The van der Waals surface area contributed by atoms with E-state index >= 15 is 0 Å². The standard InChI is InChI=1S/C20H27N3O/c1-4-13-23(14-5-2)18-11-12-21-19(15-18)20(24)22-16(3)17-9-7-6-8-10-17/h6-12,15-16H,4-5,13-14H2,1-3H3,(H,22,24). The molecule has 0 aliphatic rings. The van der Waals surface area contributed by atoms with Crippen molar-refractivity contribution in [3.8, 4) is 0 Å². The third kappa shape index (κ3) is 4.82. The Balaban J connectivity index is 2.11. The summed E-state index contributed by atoms with van der Waals surface area (Å²) >= 11 is 0. The Kier molecular flexibility index (Phi) is 6.79. The molecule has 1 aromatic heterocycles. The number of rotatable bonds is 8. The largest absolute Gasteiger partial charge is 0.371 e. The molecule has 1 unspecified atom stereocenters. The molecule has 0 saturated heterocycles. The van der Waals surface area contributed by atoms with E-state index in [1.54, 1.807) is 6.20 Å². The summed E-state index contributed by atoms with van der Waals surface area (Å²) in [6.45, 7) is 8.29. The van der Waals surface area contributed by atoms with Crippen LogP contribution in [0.15, 0.2) is 48.7 Å². The zero-order valence-electron chi connectivity index (χ0n) is 14.8. The Labute approximate surface area is 144 Å². The maximum absolute atomic E-state index is 12.5. The van der Waals surface area contributed by atoms with Gasteiger partial charge in [0.2, 0.25) is 0 Å². The molecule has 0 spiro atoms. The highest BCUT2D eigenvalue weighted by atomic mass is 16.1. The Bertz CT molecular complexity index is 636. The van der Waals surface area contributed by atoms with Gasteiger partial charge in [-0.15, -0.1) is 0 Å². The quantitative estimate of drug-likeness (QED) is 0.791. The van der Waals surface area contributed by atoms with Gasteiger partial charge in [-0.3, -0.25) is 9.78 Å². The summed E-state index contributed by atoms with van der Waals surface area (Å²) in [6, 6.07) is 13.8. The molecule has 1 N–H and O–H groups in total. The second kappa shape index (κ2) is 9.06. The van der Waals surface area contributed by atoms with Crippen molar-refractivity contribution in [2.24, 2.45) is 0 Å². The number of carbonyl (C=O) groups is 1. The van der Waals surface area contributed by atoms with Gasteiger partial charge in [0.05, 0.1) is 6.04 Å². The highest BCUT2D eigenvalue weighted by Gasteiger charge is 2.14. The van der Waals surface area contributed by atoms with Crippen LogP contribution in [0.4, 0.5) is 5.69 Å². The maximum atomic E-state index is 12.5. The molecule has 1 aromatic carbocycles. The molecule has 0 saturated carbocycles. The van der Waals surface area contributed by atoms with Gasteiger partial charge in [-0.1, -0.05) is 44.2 Å². The fraction of sp³-hybridized carbons (Fsp3) is 0.400. The lowest BCUT2D eigenvalue weighted by atomic mass is 10.1. The predicted molar refractivity (Wildman–Crippen MR) is 99.4 cm³/mol. The van der Waals surface area contributed by atoms with E-state index in [1.165, 1.54) is 0 Å². The van der Waals surface area contributed by atoms with E-state index in [9.17, 15) is 4.79 Å². The molecule has 1 heterocycles. The Hall–Kier alpha value is -2.36. The van der Waals surface area contributed by atoms with E-state index in [4.69, 9.17) is 0 Å². The van der Waals surface area contributed by atoms with Gasteiger partial charge in [0, 0.05) is 25.0 Å². The summed E-state index contributed by atoms with van der Waals surface area (Å²) in [7, 11) is 0. The number of benzene rings is 1. The Morgan fingerprint density at radius 2 is 1.79 bits per heavy atom. The van der Waals surface area contributed by atoms with Crippen molar-refractivity contribution >= 4 is 11.6 Å². The van der Waals surface area contributed by atoms with E-state index < -0.39 is 0 Å². The first-order valence-electron chi connectivity index (χ1n) is 8.72. The van der Waals surface area contributed by atoms with Crippen LogP contribution in [0.2, 0.25) is 0 Å². The molecule has 4 nitrogen and oxygen atoms in total. The van der Waals surface area contributed by atoms with Crippen LogP contribution < -0.4 is 10.2 Å². The molecule has 0 aliphatic heterocycles. The minimum Gasteiger partial charge on any atom is -0.371 e. The number of hydrogen-bond donors (Lipinski definition) is 1. The average Bonchev–Trinajstić information content (AvgIpc) is 2.62. The summed E-state index contributed by atoms with van der Waals surface area (Å²) < 4.78 is 0. The Morgan fingerprint density at radius 3 is 2.42 bits per heavy atom. The molecule has 0 fully saturated rings. The van der Waals surface area contributed by atoms with Gasteiger partial charge >= 0.3 is 0 Å². The normalized spacial score (nSPS) is 11.8. The van der Waals surface area contributed by atoms with Crippen LogP contribution >= 0.6 is 0 Å². The van der Waals surface area contributed by atoms with Crippen LogP contribution in [0.5, 0.6) is 0 Å². The van der Waals surface area contributed by atoms with Crippen molar-refractivity contribution < 1.29 is 4.79 Å². The van der Waals surface area contributed by atoms with Gasteiger partial charge < -0.3 is 10.2 Å². The lowest BCUT2D eigenvalue weighted by Crippen LogP contribution is -2.29. The first-order valence-corrected chi connectivity index (χ1v) is 8.72. The molecule has 24 heavy (non-hydrogen) atoms. The van der Waals surface area contributed by atoms with E-state index in [1.807, 2.05) is 49.4 Å². The van der Waals surface area contributed by atoms with Gasteiger partial charge in [0.25, 0.3) is 5.91 Å². The molecule has 2 rings (SSSR count). The van der Waals surface area contributed by atoms with Crippen LogP contribution in [-0.4, -0.2) is 24.0 Å². The van der Waals surface area contributed by atoms with Crippen LogP contribution in [0.1, 0.15) is 55.7 Å². The first kappa shape index (κ1) is 18.0. The van der Waals surface area contributed by atoms with Crippen molar-refractivity contribution in [3.05, 3.63) is 59.9 Å². The second-order valence-electron chi connectivity index (χ2n) is 5.99. The maximum Gasteiger partial charge on any atom is 0.270 e. The van der Waals surface area contributed by atoms with Gasteiger partial charge in [0.15, 0.2) is 0 Å². The minimum atomic E-state index is -0.138. The fourth-order valence-electron chi connectivity index (χ4n) is 2.75. The zero-order valence-corrected chi connectivity index (χ0v) is 14.8. The summed E-state index contributed by atoms with van der Waals surface area (Å²) in [5, 5.41) is 3.02. The van der Waals surface area contributed by atoms with E-state index in [-0.39, 0.29) is 11.9 Å². The lowest BCUT2D eigenvalue weighted by molar-refractivity contribution is 0.0935. The van der Waals surface area contributed by atoms with Crippen molar-refractivity contribution in [2.45, 2.75) is 39.7 Å². The molecular formula is C20H27N3O. The number of nitrogens with zero attached hydrogens (tertiary/aromatic N) is 2. The number of carbonyl (C=O) groups excluding carboxylic acids is 1.